The fourth-order valence-electron chi connectivity index (χ4n) is 3.64. The number of nitrogens with zero attached hydrogens (tertiary/aromatic N) is 3. The summed E-state index contributed by atoms with van der Waals surface area (Å²) in [6.07, 6.45) is 0.685. The first kappa shape index (κ1) is 20.2. The summed E-state index contributed by atoms with van der Waals surface area (Å²) in [5.41, 5.74) is 0.536. The number of carbonyl (C=O) groups is 1. The number of halogens is 1. The van der Waals surface area contributed by atoms with E-state index >= 15 is 0 Å². The van der Waals surface area contributed by atoms with Gasteiger partial charge in [0.1, 0.15) is 11.9 Å². The lowest BCUT2D eigenvalue weighted by atomic mass is 10.1. The Morgan fingerprint density at radius 3 is 2.59 bits per heavy atom. The lowest BCUT2D eigenvalue weighted by Gasteiger charge is -2.40. The van der Waals surface area contributed by atoms with Crippen molar-refractivity contribution in [3.63, 3.8) is 0 Å². The van der Waals surface area contributed by atoms with E-state index in [4.69, 9.17) is 4.74 Å². The maximum Gasteiger partial charge on any atom is 0.241 e. The first-order valence-electron chi connectivity index (χ1n) is 9.15. The molecule has 0 aliphatic carbocycles. The van der Waals surface area contributed by atoms with E-state index in [0.717, 1.165) is 6.54 Å². The molecule has 1 atom stereocenters. The van der Waals surface area contributed by atoms with Crippen molar-refractivity contribution in [3.05, 3.63) is 35.6 Å². The highest BCUT2D eigenvalue weighted by Gasteiger charge is 2.39. The molecule has 1 amide bonds. The van der Waals surface area contributed by atoms with Gasteiger partial charge in [-0.05, 0) is 24.1 Å². The molecule has 2 fully saturated rings. The summed E-state index contributed by atoms with van der Waals surface area (Å²) in [5, 5.41) is 0. The van der Waals surface area contributed by atoms with Gasteiger partial charge in [0, 0.05) is 46.4 Å². The fraction of sp³-hybridized carbons (Fsp3) is 0.611. The zero-order valence-electron chi connectivity index (χ0n) is 15.5. The van der Waals surface area contributed by atoms with Crippen LogP contribution in [0.2, 0.25) is 0 Å². The molecule has 0 radical (unpaired) electrons. The predicted octanol–water partition coefficient (Wildman–Crippen LogP) is 0.520. The largest absolute Gasteiger partial charge is 0.383 e. The summed E-state index contributed by atoms with van der Waals surface area (Å²) >= 11 is 0. The first-order valence-corrected chi connectivity index (χ1v) is 10.8. The molecule has 9 heteroatoms. The number of methoxy groups -OCH3 is 1. The number of benzene rings is 1. The number of rotatable bonds is 6. The van der Waals surface area contributed by atoms with Crippen LogP contribution in [0.25, 0.3) is 0 Å². The second-order valence-electron chi connectivity index (χ2n) is 6.96. The minimum absolute atomic E-state index is 0.0396. The first-order chi connectivity index (χ1) is 12.9. The van der Waals surface area contributed by atoms with Gasteiger partial charge in [0.15, 0.2) is 0 Å². The Hall–Kier alpha value is -1.55. The fourth-order valence-corrected chi connectivity index (χ4v) is 5.21. The van der Waals surface area contributed by atoms with Crippen molar-refractivity contribution in [2.24, 2.45) is 0 Å². The Labute approximate surface area is 159 Å². The molecule has 1 aromatic carbocycles. The monoisotopic (exact) mass is 399 g/mol. The van der Waals surface area contributed by atoms with Gasteiger partial charge in [-0.25, -0.2) is 12.8 Å². The Bertz CT molecular complexity index is 756. The van der Waals surface area contributed by atoms with Crippen LogP contribution in [0.3, 0.4) is 0 Å². The van der Waals surface area contributed by atoms with Crippen molar-refractivity contribution in [2.45, 2.75) is 18.2 Å². The lowest BCUT2D eigenvalue weighted by molar-refractivity contribution is -0.142. The van der Waals surface area contributed by atoms with Crippen LogP contribution in [-0.4, -0.2) is 87.5 Å². The molecule has 0 bridgehead atoms. The average molecular weight is 399 g/mol. The normalized spacial score (nSPS) is 22.5. The summed E-state index contributed by atoms with van der Waals surface area (Å²) in [4.78, 5) is 16.7. The number of hydrogen-bond donors (Lipinski definition) is 0. The van der Waals surface area contributed by atoms with E-state index < -0.39 is 21.9 Å². The Kier molecular flexibility index (Phi) is 6.46. The van der Waals surface area contributed by atoms with E-state index in [-0.39, 0.29) is 18.2 Å². The van der Waals surface area contributed by atoms with Crippen LogP contribution in [0.15, 0.2) is 24.3 Å². The summed E-state index contributed by atoms with van der Waals surface area (Å²) < 4.78 is 45.3. The smallest absolute Gasteiger partial charge is 0.241 e. The van der Waals surface area contributed by atoms with Crippen molar-refractivity contribution in [3.8, 4) is 0 Å². The Morgan fingerprint density at radius 1 is 1.15 bits per heavy atom. The Morgan fingerprint density at radius 2 is 1.89 bits per heavy atom. The summed E-state index contributed by atoms with van der Waals surface area (Å²) in [5.74, 6) is -0.630. The topological polar surface area (TPSA) is 70.2 Å². The number of hydrogen-bond acceptors (Lipinski definition) is 5. The molecule has 0 aromatic heterocycles. The van der Waals surface area contributed by atoms with Gasteiger partial charge in [0.2, 0.25) is 15.9 Å². The molecule has 0 N–H and O–H groups in total. The van der Waals surface area contributed by atoms with Crippen LogP contribution in [-0.2, 0) is 25.3 Å². The summed E-state index contributed by atoms with van der Waals surface area (Å²) in [7, 11) is -2.00. The molecular weight excluding hydrogens is 373 g/mol. The van der Waals surface area contributed by atoms with Crippen molar-refractivity contribution in [2.75, 3.05) is 53.0 Å². The van der Waals surface area contributed by atoms with E-state index in [2.05, 4.69) is 4.90 Å². The Balaban J connectivity index is 1.72. The van der Waals surface area contributed by atoms with Gasteiger partial charge in [0.25, 0.3) is 0 Å². The molecule has 2 aliphatic heterocycles. The third-order valence-corrected chi connectivity index (χ3v) is 6.96. The van der Waals surface area contributed by atoms with Crippen molar-refractivity contribution >= 4 is 15.9 Å². The number of fused-ring (bicyclic) bond motifs is 1. The SMILES string of the molecule is COCCN1CCN2CCCN(S(=O)(=O)Cc3ccc(F)cc3)CC2C1=O. The zero-order chi connectivity index (χ0) is 19.4. The molecule has 0 saturated carbocycles. The summed E-state index contributed by atoms with van der Waals surface area (Å²) in [6.45, 7) is 3.62. The lowest BCUT2D eigenvalue weighted by Crippen LogP contribution is -2.60. The molecule has 2 heterocycles. The highest BCUT2D eigenvalue weighted by atomic mass is 32.2. The van der Waals surface area contributed by atoms with Gasteiger partial charge in [0.05, 0.1) is 12.4 Å². The minimum Gasteiger partial charge on any atom is -0.383 e. The van der Waals surface area contributed by atoms with Crippen molar-refractivity contribution in [1.29, 1.82) is 0 Å². The summed E-state index contributed by atoms with van der Waals surface area (Å²) in [6, 6.07) is 5.02. The van der Waals surface area contributed by atoms with E-state index in [1.54, 1.807) is 12.0 Å². The molecule has 1 aromatic rings. The van der Waals surface area contributed by atoms with Gasteiger partial charge in [-0.2, -0.15) is 4.31 Å². The van der Waals surface area contributed by atoms with Crippen LogP contribution in [0.4, 0.5) is 4.39 Å². The molecule has 3 rings (SSSR count). The predicted molar refractivity (Wildman–Crippen MR) is 99.0 cm³/mol. The molecule has 27 heavy (non-hydrogen) atoms. The number of sulfonamides is 1. The molecule has 1 unspecified atom stereocenters. The minimum atomic E-state index is -3.59. The number of carbonyl (C=O) groups excluding carboxylic acids is 1. The number of ether oxygens (including phenoxy) is 1. The molecule has 2 saturated heterocycles. The van der Waals surface area contributed by atoms with Gasteiger partial charge >= 0.3 is 0 Å². The maximum atomic E-state index is 13.1. The molecular formula is C18H26FN3O4S. The van der Waals surface area contributed by atoms with E-state index in [1.165, 1.54) is 28.6 Å². The van der Waals surface area contributed by atoms with E-state index in [9.17, 15) is 17.6 Å². The van der Waals surface area contributed by atoms with Crippen LogP contribution in [0.1, 0.15) is 12.0 Å². The average Bonchev–Trinajstić information content (AvgIpc) is 2.87. The molecule has 150 valence electrons. The number of amides is 1. The molecule has 0 spiro atoms. The van der Waals surface area contributed by atoms with Crippen LogP contribution < -0.4 is 0 Å². The van der Waals surface area contributed by atoms with Crippen molar-refractivity contribution < 1.29 is 22.3 Å². The third-order valence-electron chi connectivity index (χ3n) is 5.15. The molecule has 2 aliphatic rings. The highest BCUT2D eigenvalue weighted by Crippen LogP contribution is 2.21. The van der Waals surface area contributed by atoms with Gasteiger partial charge in [-0.3, -0.25) is 9.69 Å². The van der Waals surface area contributed by atoms with Crippen LogP contribution in [0, 0.1) is 5.82 Å². The quantitative estimate of drug-likeness (QED) is 0.698. The van der Waals surface area contributed by atoms with E-state index in [1.807, 2.05) is 0 Å². The van der Waals surface area contributed by atoms with Gasteiger partial charge in [-0.1, -0.05) is 12.1 Å². The number of piperazine rings is 1. The molecule has 7 nitrogen and oxygen atoms in total. The maximum absolute atomic E-state index is 13.1. The van der Waals surface area contributed by atoms with Gasteiger partial charge in [-0.15, -0.1) is 0 Å². The van der Waals surface area contributed by atoms with E-state index in [0.29, 0.717) is 44.8 Å². The second kappa shape index (κ2) is 8.64. The van der Waals surface area contributed by atoms with Crippen LogP contribution in [0.5, 0.6) is 0 Å². The van der Waals surface area contributed by atoms with Crippen LogP contribution >= 0.6 is 0 Å². The van der Waals surface area contributed by atoms with Crippen molar-refractivity contribution in [1.82, 2.24) is 14.1 Å². The highest BCUT2D eigenvalue weighted by molar-refractivity contribution is 7.88. The second-order valence-corrected chi connectivity index (χ2v) is 8.93. The zero-order valence-corrected chi connectivity index (χ0v) is 16.3. The standard InChI is InChI=1S/C18H26FN3O4S/c1-26-12-11-21-10-9-20-7-2-8-22(13-17(20)18(21)23)27(24,25)14-15-3-5-16(19)6-4-15/h3-6,17H,2,7-14H2,1H3. The van der Waals surface area contributed by atoms with Gasteiger partial charge < -0.3 is 9.64 Å². The third kappa shape index (κ3) is 4.84.